The molecule has 2 aromatic carbocycles. The van der Waals surface area contributed by atoms with E-state index in [0.29, 0.717) is 28.2 Å². The van der Waals surface area contributed by atoms with Gasteiger partial charge in [-0.15, -0.1) is 21.5 Å². The van der Waals surface area contributed by atoms with Gasteiger partial charge in [0.25, 0.3) is 0 Å². The van der Waals surface area contributed by atoms with Crippen LogP contribution >= 0.6 is 34.7 Å². The van der Waals surface area contributed by atoms with Crippen LogP contribution in [0.3, 0.4) is 0 Å². The first-order valence-corrected chi connectivity index (χ1v) is 11.5. The van der Waals surface area contributed by atoms with Crippen molar-refractivity contribution in [2.75, 3.05) is 0 Å². The van der Waals surface area contributed by atoms with Crippen molar-refractivity contribution in [1.82, 2.24) is 19.7 Å². The van der Waals surface area contributed by atoms with Gasteiger partial charge in [-0.2, -0.15) is 0 Å². The van der Waals surface area contributed by atoms with E-state index < -0.39 is 0 Å². The molecule has 0 amide bonds. The van der Waals surface area contributed by atoms with Gasteiger partial charge >= 0.3 is 0 Å². The second-order valence-corrected chi connectivity index (χ2v) is 9.01. The SMILES string of the molecule is Fc1ccccc1-c1nnc(SCc2csc(-c3ccccc3Cl)n2)n1C1CC1. The van der Waals surface area contributed by atoms with Crippen LogP contribution in [0.15, 0.2) is 59.1 Å². The molecule has 0 unspecified atom stereocenters. The summed E-state index contributed by atoms with van der Waals surface area (Å²) in [6.45, 7) is 0. The first-order valence-electron chi connectivity index (χ1n) is 9.22. The maximum atomic E-state index is 14.3. The Morgan fingerprint density at radius 2 is 1.83 bits per heavy atom. The molecule has 2 aromatic heterocycles. The third-order valence-corrected chi connectivity index (χ3v) is 6.93. The minimum Gasteiger partial charge on any atom is -0.299 e. The summed E-state index contributed by atoms with van der Waals surface area (Å²) in [5.74, 6) is 0.994. The van der Waals surface area contributed by atoms with Gasteiger partial charge < -0.3 is 0 Å². The van der Waals surface area contributed by atoms with Crippen LogP contribution in [0.25, 0.3) is 22.0 Å². The van der Waals surface area contributed by atoms with Gasteiger partial charge in [0.2, 0.25) is 0 Å². The van der Waals surface area contributed by atoms with Crippen molar-refractivity contribution in [2.24, 2.45) is 0 Å². The Balaban J connectivity index is 1.38. The van der Waals surface area contributed by atoms with E-state index in [2.05, 4.69) is 14.8 Å². The summed E-state index contributed by atoms with van der Waals surface area (Å²) < 4.78 is 16.4. The minimum atomic E-state index is -0.276. The van der Waals surface area contributed by atoms with Gasteiger partial charge in [-0.05, 0) is 31.0 Å². The molecule has 1 saturated carbocycles. The summed E-state index contributed by atoms with van der Waals surface area (Å²) in [5.41, 5.74) is 2.40. The molecule has 4 aromatic rings. The number of hydrogen-bond acceptors (Lipinski definition) is 5. The summed E-state index contributed by atoms with van der Waals surface area (Å²) in [7, 11) is 0. The number of benzene rings is 2. The first kappa shape index (κ1) is 18.8. The van der Waals surface area contributed by atoms with Crippen molar-refractivity contribution in [3.8, 4) is 22.0 Å². The predicted molar refractivity (Wildman–Crippen MR) is 116 cm³/mol. The highest BCUT2D eigenvalue weighted by molar-refractivity contribution is 7.98. The molecule has 0 spiro atoms. The molecule has 146 valence electrons. The molecule has 0 radical (unpaired) electrons. The lowest BCUT2D eigenvalue weighted by Gasteiger charge is -2.09. The average Bonchev–Trinajstić information content (AvgIpc) is 3.31. The van der Waals surface area contributed by atoms with E-state index in [1.807, 2.05) is 35.7 Å². The largest absolute Gasteiger partial charge is 0.299 e. The van der Waals surface area contributed by atoms with Gasteiger partial charge in [0.1, 0.15) is 10.8 Å². The van der Waals surface area contributed by atoms with Crippen molar-refractivity contribution in [1.29, 1.82) is 0 Å². The van der Waals surface area contributed by atoms with Crippen molar-refractivity contribution in [2.45, 2.75) is 29.8 Å². The fourth-order valence-electron chi connectivity index (χ4n) is 3.13. The smallest absolute Gasteiger partial charge is 0.192 e. The Hall–Kier alpha value is -2.22. The molecular weight excluding hydrogens is 427 g/mol. The number of thioether (sulfide) groups is 1. The lowest BCUT2D eigenvalue weighted by molar-refractivity contribution is 0.622. The van der Waals surface area contributed by atoms with Gasteiger partial charge in [0.15, 0.2) is 11.0 Å². The zero-order valence-corrected chi connectivity index (χ0v) is 17.6. The van der Waals surface area contributed by atoms with Crippen molar-refractivity contribution < 1.29 is 4.39 Å². The molecule has 0 aliphatic heterocycles. The fourth-order valence-corrected chi connectivity index (χ4v) is 5.28. The van der Waals surface area contributed by atoms with Crippen LogP contribution < -0.4 is 0 Å². The minimum absolute atomic E-state index is 0.276. The Bertz CT molecular complexity index is 1170. The second kappa shape index (κ2) is 7.89. The van der Waals surface area contributed by atoms with E-state index in [4.69, 9.17) is 16.6 Å². The van der Waals surface area contributed by atoms with Crippen LogP contribution in [-0.4, -0.2) is 19.7 Å². The number of rotatable bonds is 6. The second-order valence-electron chi connectivity index (χ2n) is 6.80. The van der Waals surface area contributed by atoms with Crippen LogP contribution in [0.4, 0.5) is 4.39 Å². The predicted octanol–water partition coefficient (Wildman–Crippen LogP) is 6.49. The highest BCUT2D eigenvalue weighted by Gasteiger charge is 2.31. The third-order valence-electron chi connectivity index (χ3n) is 4.70. The highest BCUT2D eigenvalue weighted by atomic mass is 35.5. The average molecular weight is 443 g/mol. The first-order chi connectivity index (χ1) is 14.2. The van der Waals surface area contributed by atoms with Gasteiger partial charge in [0, 0.05) is 22.7 Å². The lowest BCUT2D eigenvalue weighted by atomic mass is 10.2. The van der Waals surface area contributed by atoms with E-state index >= 15 is 0 Å². The maximum Gasteiger partial charge on any atom is 0.192 e. The van der Waals surface area contributed by atoms with E-state index in [1.54, 1.807) is 35.2 Å². The van der Waals surface area contributed by atoms with E-state index in [0.717, 1.165) is 34.3 Å². The van der Waals surface area contributed by atoms with Crippen LogP contribution in [0.5, 0.6) is 0 Å². The normalized spacial score (nSPS) is 13.7. The lowest BCUT2D eigenvalue weighted by Crippen LogP contribution is -2.01. The van der Waals surface area contributed by atoms with Crippen molar-refractivity contribution in [3.05, 3.63) is 70.4 Å². The molecule has 0 atom stereocenters. The molecule has 2 heterocycles. The molecule has 5 rings (SSSR count). The fraction of sp³-hybridized carbons (Fsp3) is 0.190. The number of thiazole rings is 1. The summed E-state index contributed by atoms with van der Waals surface area (Å²) in [5, 5.41) is 13.1. The van der Waals surface area contributed by atoms with Gasteiger partial charge in [-0.1, -0.05) is 53.7 Å². The van der Waals surface area contributed by atoms with E-state index in [1.165, 1.54) is 6.07 Å². The highest BCUT2D eigenvalue weighted by Crippen LogP contribution is 2.42. The van der Waals surface area contributed by atoms with Crippen LogP contribution in [0, 0.1) is 5.82 Å². The van der Waals surface area contributed by atoms with Crippen LogP contribution in [0.2, 0.25) is 5.02 Å². The third kappa shape index (κ3) is 3.82. The van der Waals surface area contributed by atoms with Gasteiger partial charge in [-0.25, -0.2) is 9.37 Å². The summed E-state index contributed by atoms with van der Waals surface area (Å²) in [6, 6.07) is 14.8. The summed E-state index contributed by atoms with van der Waals surface area (Å²) >= 11 is 9.44. The van der Waals surface area contributed by atoms with Gasteiger partial charge in [-0.3, -0.25) is 4.57 Å². The molecule has 8 heteroatoms. The molecule has 0 saturated heterocycles. The molecule has 1 fully saturated rings. The van der Waals surface area contributed by atoms with Crippen LogP contribution in [0.1, 0.15) is 24.6 Å². The maximum absolute atomic E-state index is 14.3. The molecule has 1 aliphatic rings. The van der Waals surface area contributed by atoms with E-state index in [-0.39, 0.29) is 5.82 Å². The van der Waals surface area contributed by atoms with E-state index in [9.17, 15) is 4.39 Å². The number of nitrogens with zero attached hydrogens (tertiary/aromatic N) is 4. The Morgan fingerprint density at radius 3 is 2.59 bits per heavy atom. The molecule has 1 aliphatic carbocycles. The van der Waals surface area contributed by atoms with Gasteiger partial charge in [0.05, 0.1) is 16.3 Å². The number of aromatic nitrogens is 4. The molecular formula is C21H16ClFN4S2. The zero-order chi connectivity index (χ0) is 19.8. The Kier molecular flexibility index (Phi) is 5.11. The van der Waals surface area contributed by atoms with Crippen molar-refractivity contribution in [3.63, 3.8) is 0 Å². The monoisotopic (exact) mass is 442 g/mol. The Morgan fingerprint density at radius 1 is 1.07 bits per heavy atom. The zero-order valence-electron chi connectivity index (χ0n) is 15.3. The van der Waals surface area contributed by atoms with Crippen LogP contribution in [-0.2, 0) is 5.75 Å². The molecule has 0 bridgehead atoms. The van der Waals surface area contributed by atoms with Crippen molar-refractivity contribution >= 4 is 34.7 Å². The quantitative estimate of drug-likeness (QED) is 0.320. The Labute approximate surface area is 180 Å². The number of halogens is 2. The molecule has 4 nitrogen and oxygen atoms in total. The number of hydrogen-bond donors (Lipinski definition) is 0. The molecule has 29 heavy (non-hydrogen) atoms. The summed E-state index contributed by atoms with van der Waals surface area (Å²) in [6.07, 6.45) is 2.14. The summed E-state index contributed by atoms with van der Waals surface area (Å²) in [4.78, 5) is 4.72. The topological polar surface area (TPSA) is 43.6 Å². The molecule has 0 N–H and O–H groups in total. The standard InChI is InChI=1S/C21H16ClFN4S2/c22-17-7-3-1-5-15(17)20-24-13(11-28-20)12-29-21-26-25-19(27(21)14-9-10-14)16-6-2-4-8-18(16)23/h1-8,11,14H,9-10,12H2.